The first-order chi connectivity index (χ1) is 14.7. The van der Waals surface area contributed by atoms with Crippen LogP contribution < -0.4 is 11.1 Å². The SMILES string of the molecule is O=C(COC(c1ccccc1)c1ccccc1)Nc1cccc(-c2noc(=O)[nH]2)c1. The topological polar surface area (TPSA) is 97.2 Å². The van der Waals surface area contributed by atoms with Gasteiger partial charge in [0.2, 0.25) is 5.91 Å². The molecule has 1 aromatic heterocycles. The van der Waals surface area contributed by atoms with E-state index in [-0.39, 0.29) is 18.6 Å². The highest BCUT2D eigenvalue weighted by Crippen LogP contribution is 2.26. The number of carbonyl (C=O) groups excluding carboxylic acids is 1. The van der Waals surface area contributed by atoms with E-state index in [1.807, 2.05) is 60.7 Å². The molecule has 3 aromatic carbocycles. The molecule has 0 spiro atoms. The van der Waals surface area contributed by atoms with Gasteiger partial charge in [0.1, 0.15) is 12.7 Å². The number of hydrogen-bond acceptors (Lipinski definition) is 5. The van der Waals surface area contributed by atoms with Crippen LogP contribution >= 0.6 is 0 Å². The van der Waals surface area contributed by atoms with Gasteiger partial charge in [-0.3, -0.25) is 14.3 Å². The molecule has 150 valence electrons. The molecular weight excluding hydrogens is 382 g/mol. The number of anilines is 1. The van der Waals surface area contributed by atoms with Gasteiger partial charge in [-0.25, -0.2) is 4.79 Å². The van der Waals surface area contributed by atoms with Crippen molar-refractivity contribution in [3.8, 4) is 11.4 Å². The van der Waals surface area contributed by atoms with Crippen LogP contribution in [0.4, 0.5) is 5.69 Å². The second-order valence-electron chi connectivity index (χ2n) is 6.59. The molecule has 0 unspecified atom stereocenters. The Balaban J connectivity index is 1.45. The zero-order valence-corrected chi connectivity index (χ0v) is 15.9. The van der Waals surface area contributed by atoms with Crippen LogP contribution in [0.3, 0.4) is 0 Å². The highest BCUT2D eigenvalue weighted by atomic mass is 16.5. The molecule has 1 heterocycles. The van der Waals surface area contributed by atoms with Crippen molar-refractivity contribution in [3.05, 3.63) is 107 Å². The molecule has 7 heteroatoms. The second-order valence-corrected chi connectivity index (χ2v) is 6.59. The summed E-state index contributed by atoms with van der Waals surface area (Å²) in [4.78, 5) is 26.1. The van der Waals surface area contributed by atoms with Crippen molar-refractivity contribution in [3.63, 3.8) is 0 Å². The Bertz CT molecular complexity index is 1130. The Morgan fingerprint density at radius 3 is 2.23 bits per heavy atom. The van der Waals surface area contributed by atoms with Gasteiger partial charge in [-0.15, -0.1) is 0 Å². The molecule has 0 saturated carbocycles. The smallest absolute Gasteiger partial charge is 0.359 e. The lowest BCUT2D eigenvalue weighted by molar-refractivity contribution is -0.121. The van der Waals surface area contributed by atoms with Crippen molar-refractivity contribution in [1.82, 2.24) is 10.1 Å². The minimum atomic E-state index is -0.638. The van der Waals surface area contributed by atoms with Gasteiger partial charge < -0.3 is 10.1 Å². The van der Waals surface area contributed by atoms with E-state index in [1.54, 1.807) is 24.3 Å². The number of rotatable bonds is 7. The number of nitrogens with zero attached hydrogens (tertiary/aromatic N) is 1. The number of amides is 1. The molecule has 4 aromatic rings. The van der Waals surface area contributed by atoms with Gasteiger partial charge in [-0.2, -0.15) is 0 Å². The van der Waals surface area contributed by atoms with E-state index in [2.05, 4.69) is 20.0 Å². The third kappa shape index (κ3) is 4.71. The summed E-state index contributed by atoms with van der Waals surface area (Å²) in [7, 11) is 0. The van der Waals surface area contributed by atoms with Gasteiger partial charge in [0.25, 0.3) is 0 Å². The van der Waals surface area contributed by atoms with Crippen LogP contribution in [0.5, 0.6) is 0 Å². The zero-order chi connectivity index (χ0) is 20.8. The van der Waals surface area contributed by atoms with Crippen molar-refractivity contribution in [1.29, 1.82) is 0 Å². The summed E-state index contributed by atoms with van der Waals surface area (Å²) in [5.41, 5.74) is 3.11. The summed E-state index contributed by atoms with van der Waals surface area (Å²) in [5, 5.41) is 6.46. The van der Waals surface area contributed by atoms with E-state index < -0.39 is 5.76 Å². The van der Waals surface area contributed by atoms with Crippen LogP contribution in [-0.2, 0) is 9.53 Å². The lowest BCUT2D eigenvalue weighted by Gasteiger charge is -2.19. The average Bonchev–Trinajstić information content (AvgIpc) is 3.22. The first-order valence-corrected chi connectivity index (χ1v) is 9.37. The molecule has 0 aliphatic heterocycles. The van der Waals surface area contributed by atoms with Gasteiger partial charge in [0.05, 0.1) is 0 Å². The molecule has 0 fully saturated rings. The molecule has 0 aliphatic rings. The largest absolute Gasteiger partial charge is 0.439 e. The molecule has 7 nitrogen and oxygen atoms in total. The minimum absolute atomic E-state index is 0.126. The average molecular weight is 401 g/mol. The van der Waals surface area contributed by atoms with Gasteiger partial charge in [-0.05, 0) is 23.3 Å². The first kappa shape index (κ1) is 19.4. The quantitative estimate of drug-likeness (QED) is 0.491. The number of H-pyrrole nitrogens is 1. The fourth-order valence-electron chi connectivity index (χ4n) is 3.10. The van der Waals surface area contributed by atoms with E-state index in [1.165, 1.54) is 0 Å². The number of aromatic amines is 1. The van der Waals surface area contributed by atoms with E-state index >= 15 is 0 Å². The maximum atomic E-state index is 12.5. The van der Waals surface area contributed by atoms with Crippen molar-refractivity contribution >= 4 is 11.6 Å². The molecule has 1 amide bonds. The third-order valence-corrected chi connectivity index (χ3v) is 4.45. The summed E-state index contributed by atoms with van der Waals surface area (Å²) >= 11 is 0. The molecule has 2 N–H and O–H groups in total. The number of benzene rings is 3. The van der Waals surface area contributed by atoms with Crippen LogP contribution in [0.2, 0.25) is 0 Å². The Labute approximate surface area is 172 Å². The van der Waals surface area contributed by atoms with Crippen LogP contribution in [-0.4, -0.2) is 22.7 Å². The van der Waals surface area contributed by atoms with Gasteiger partial charge >= 0.3 is 5.76 Å². The summed E-state index contributed by atoms with van der Waals surface area (Å²) < 4.78 is 10.5. The van der Waals surface area contributed by atoms with Crippen molar-refractivity contribution < 1.29 is 14.1 Å². The fraction of sp³-hybridized carbons (Fsp3) is 0.0870. The first-order valence-electron chi connectivity index (χ1n) is 9.37. The summed E-state index contributed by atoms with van der Waals surface area (Å²) in [6, 6.07) is 26.4. The minimum Gasteiger partial charge on any atom is -0.359 e. The van der Waals surface area contributed by atoms with E-state index in [0.29, 0.717) is 17.1 Å². The van der Waals surface area contributed by atoms with Crippen LogP contribution in [0, 0.1) is 0 Å². The fourth-order valence-corrected chi connectivity index (χ4v) is 3.10. The molecule has 0 saturated heterocycles. The van der Waals surface area contributed by atoms with Gasteiger partial charge in [0.15, 0.2) is 5.82 Å². The van der Waals surface area contributed by atoms with Crippen LogP contribution in [0.15, 0.2) is 94.2 Å². The highest BCUT2D eigenvalue weighted by Gasteiger charge is 2.16. The second kappa shape index (κ2) is 9.02. The van der Waals surface area contributed by atoms with E-state index in [4.69, 9.17) is 4.74 Å². The van der Waals surface area contributed by atoms with Crippen molar-refractivity contribution in [2.24, 2.45) is 0 Å². The number of carbonyl (C=O) groups is 1. The molecule has 0 radical (unpaired) electrons. The Morgan fingerprint density at radius 1 is 0.967 bits per heavy atom. The lowest BCUT2D eigenvalue weighted by atomic mass is 10.0. The van der Waals surface area contributed by atoms with Gasteiger partial charge in [-0.1, -0.05) is 78.0 Å². The van der Waals surface area contributed by atoms with Crippen LogP contribution in [0.1, 0.15) is 17.2 Å². The number of ether oxygens (including phenoxy) is 1. The van der Waals surface area contributed by atoms with Crippen molar-refractivity contribution in [2.75, 3.05) is 11.9 Å². The molecule has 30 heavy (non-hydrogen) atoms. The standard InChI is InChI=1S/C23H19N3O4/c27-20(24-19-13-7-12-18(14-19)22-25-23(28)30-26-22)15-29-21(16-8-3-1-4-9-16)17-10-5-2-6-11-17/h1-14,21H,15H2,(H,24,27)(H,25,26,28). The molecule has 0 aliphatic carbocycles. The number of aromatic nitrogens is 2. The molecular formula is C23H19N3O4. The summed E-state index contributed by atoms with van der Waals surface area (Å²) in [5.74, 6) is -0.640. The lowest BCUT2D eigenvalue weighted by Crippen LogP contribution is -2.20. The maximum absolute atomic E-state index is 12.5. The summed E-state index contributed by atoms with van der Waals surface area (Å²) in [6.45, 7) is -0.126. The molecule has 0 atom stereocenters. The van der Waals surface area contributed by atoms with Crippen molar-refractivity contribution in [2.45, 2.75) is 6.10 Å². The molecule has 4 rings (SSSR count). The predicted octanol–water partition coefficient (Wildman–Crippen LogP) is 3.77. The number of nitrogens with one attached hydrogen (secondary N) is 2. The predicted molar refractivity (Wildman–Crippen MR) is 112 cm³/mol. The third-order valence-electron chi connectivity index (χ3n) is 4.45. The maximum Gasteiger partial charge on any atom is 0.439 e. The Morgan fingerprint density at radius 2 is 1.63 bits per heavy atom. The Kier molecular flexibility index (Phi) is 5.82. The van der Waals surface area contributed by atoms with E-state index in [9.17, 15) is 9.59 Å². The van der Waals surface area contributed by atoms with Crippen LogP contribution in [0.25, 0.3) is 11.4 Å². The zero-order valence-electron chi connectivity index (χ0n) is 15.9. The highest BCUT2D eigenvalue weighted by molar-refractivity contribution is 5.92. The normalized spacial score (nSPS) is 10.8. The number of hydrogen-bond donors (Lipinski definition) is 2. The Hall–Kier alpha value is -3.97. The summed E-state index contributed by atoms with van der Waals surface area (Å²) in [6.07, 6.45) is -0.357. The molecule has 0 bridgehead atoms. The monoisotopic (exact) mass is 401 g/mol. The van der Waals surface area contributed by atoms with Gasteiger partial charge in [0, 0.05) is 11.3 Å². The van der Waals surface area contributed by atoms with E-state index in [0.717, 1.165) is 11.1 Å².